The summed E-state index contributed by atoms with van der Waals surface area (Å²) in [5.41, 5.74) is 3.04. The summed E-state index contributed by atoms with van der Waals surface area (Å²) < 4.78 is 1.87. The van der Waals surface area contributed by atoms with Crippen molar-refractivity contribution >= 4 is 11.5 Å². The average Bonchev–Trinajstić information content (AvgIpc) is 3.26. The van der Waals surface area contributed by atoms with Gasteiger partial charge in [-0.25, -0.2) is 9.50 Å². The molecule has 0 aliphatic heterocycles. The van der Waals surface area contributed by atoms with Crippen LogP contribution in [0.2, 0.25) is 0 Å². The van der Waals surface area contributed by atoms with Crippen LogP contribution in [0.3, 0.4) is 0 Å². The van der Waals surface area contributed by atoms with Gasteiger partial charge in [0.05, 0.1) is 11.8 Å². The van der Waals surface area contributed by atoms with E-state index in [2.05, 4.69) is 20.5 Å². The van der Waals surface area contributed by atoms with Crippen LogP contribution >= 0.6 is 0 Å². The van der Waals surface area contributed by atoms with Crippen molar-refractivity contribution in [3.05, 3.63) is 30.1 Å². The van der Waals surface area contributed by atoms with Crippen molar-refractivity contribution < 1.29 is 5.11 Å². The molecule has 0 spiro atoms. The summed E-state index contributed by atoms with van der Waals surface area (Å²) in [6, 6.07) is 6.05. The fourth-order valence-corrected chi connectivity index (χ4v) is 5.69. The maximum absolute atomic E-state index is 10.6. The van der Waals surface area contributed by atoms with Crippen molar-refractivity contribution in [3.63, 3.8) is 0 Å². The molecule has 2 bridgehead atoms. The second-order valence-electron chi connectivity index (χ2n) is 9.63. The molecule has 3 aromatic rings. The number of aromatic amines is 1. The number of aryl methyl sites for hydroxylation is 1. The van der Waals surface area contributed by atoms with Gasteiger partial charge in [0, 0.05) is 11.2 Å². The van der Waals surface area contributed by atoms with E-state index in [4.69, 9.17) is 5.10 Å². The normalized spacial score (nSPS) is 27.3. The van der Waals surface area contributed by atoms with Gasteiger partial charge < -0.3 is 10.4 Å². The monoisotopic (exact) mass is 394 g/mol. The van der Waals surface area contributed by atoms with E-state index in [0.717, 1.165) is 54.2 Å². The van der Waals surface area contributed by atoms with Gasteiger partial charge in [0.15, 0.2) is 5.65 Å². The fraction of sp³-hybridized carbons (Fsp3) is 0.591. The molecule has 154 valence electrons. The summed E-state index contributed by atoms with van der Waals surface area (Å²) in [7, 11) is 0. The van der Waals surface area contributed by atoms with E-state index in [1.54, 1.807) is 0 Å². The second kappa shape index (κ2) is 6.55. The second-order valence-corrected chi connectivity index (χ2v) is 9.63. The van der Waals surface area contributed by atoms with Crippen LogP contribution in [-0.4, -0.2) is 41.0 Å². The molecule has 5 rings (SSSR count). The Labute approximate surface area is 170 Å². The largest absolute Gasteiger partial charge is 0.390 e. The number of imidazole rings is 1. The van der Waals surface area contributed by atoms with Gasteiger partial charge in [-0.05, 0) is 82.9 Å². The number of aromatic nitrogens is 5. The summed E-state index contributed by atoms with van der Waals surface area (Å²) in [5.74, 6) is 1.84. The Morgan fingerprint density at radius 1 is 1.28 bits per heavy atom. The minimum absolute atomic E-state index is 0.0784. The van der Waals surface area contributed by atoms with Crippen molar-refractivity contribution in [1.29, 1.82) is 0 Å². The molecule has 2 saturated carbocycles. The average molecular weight is 395 g/mol. The fourth-order valence-electron chi connectivity index (χ4n) is 5.69. The Hall–Kier alpha value is -2.41. The van der Waals surface area contributed by atoms with E-state index in [0.29, 0.717) is 11.8 Å². The quantitative estimate of drug-likeness (QED) is 0.623. The molecule has 7 heteroatoms. The topological polar surface area (TPSA) is 91.1 Å². The van der Waals surface area contributed by atoms with Gasteiger partial charge in [0.2, 0.25) is 0 Å². The molecule has 3 heterocycles. The molecule has 3 unspecified atom stereocenters. The molecule has 3 atom stereocenters. The summed E-state index contributed by atoms with van der Waals surface area (Å²) in [5, 5.41) is 26.6. The van der Waals surface area contributed by atoms with Crippen molar-refractivity contribution in [2.75, 3.05) is 5.32 Å². The highest BCUT2D eigenvalue weighted by atomic mass is 16.3. The predicted molar refractivity (Wildman–Crippen MR) is 113 cm³/mol. The zero-order valence-electron chi connectivity index (χ0n) is 17.4. The van der Waals surface area contributed by atoms with Crippen LogP contribution in [0, 0.1) is 18.8 Å². The molecule has 3 N–H and O–H groups in total. The number of hydrogen-bond donors (Lipinski definition) is 3. The Kier molecular flexibility index (Phi) is 4.21. The Bertz CT molecular complexity index is 1030. The van der Waals surface area contributed by atoms with E-state index in [9.17, 15) is 5.11 Å². The van der Waals surface area contributed by atoms with E-state index < -0.39 is 5.60 Å². The Balaban J connectivity index is 1.43. The number of nitrogens with zero attached hydrogens (tertiary/aromatic N) is 4. The third-order valence-electron chi connectivity index (χ3n) is 7.02. The summed E-state index contributed by atoms with van der Waals surface area (Å²) in [4.78, 5) is 4.48. The van der Waals surface area contributed by atoms with Crippen molar-refractivity contribution in [3.8, 4) is 11.4 Å². The van der Waals surface area contributed by atoms with E-state index in [1.165, 1.54) is 12.8 Å². The number of hydrogen-bond acceptors (Lipinski definition) is 5. The molecule has 29 heavy (non-hydrogen) atoms. The van der Waals surface area contributed by atoms with Crippen LogP contribution in [0.4, 0.5) is 5.82 Å². The van der Waals surface area contributed by atoms with Gasteiger partial charge in [0.25, 0.3) is 0 Å². The molecule has 0 amide bonds. The zero-order valence-corrected chi connectivity index (χ0v) is 17.4. The van der Waals surface area contributed by atoms with Crippen LogP contribution in [0.5, 0.6) is 0 Å². The number of aliphatic hydroxyl groups is 1. The van der Waals surface area contributed by atoms with E-state index in [1.807, 2.05) is 49.7 Å². The zero-order chi connectivity index (χ0) is 20.2. The third-order valence-corrected chi connectivity index (χ3v) is 7.02. The molecule has 3 aromatic heterocycles. The van der Waals surface area contributed by atoms with Gasteiger partial charge in [-0.3, -0.25) is 5.10 Å². The molecule has 7 nitrogen and oxygen atoms in total. The predicted octanol–water partition coefficient (Wildman–Crippen LogP) is 3.95. The molecule has 0 aromatic carbocycles. The van der Waals surface area contributed by atoms with E-state index in [-0.39, 0.29) is 5.54 Å². The number of rotatable bonds is 4. The summed E-state index contributed by atoms with van der Waals surface area (Å²) in [6.45, 7) is 5.93. The maximum atomic E-state index is 10.6. The summed E-state index contributed by atoms with van der Waals surface area (Å²) in [6.07, 6.45) is 8.66. The third kappa shape index (κ3) is 3.31. The first kappa shape index (κ1) is 18.6. The molecular formula is C22H30N6O. The molecular weight excluding hydrogens is 364 g/mol. The van der Waals surface area contributed by atoms with Crippen molar-refractivity contribution in [1.82, 2.24) is 24.8 Å². The van der Waals surface area contributed by atoms with E-state index >= 15 is 0 Å². The minimum Gasteiger partial charge on any atom is -0.390 e. The smallest absolute Gasteiger partial charge is 0.154 e. The van der Waals surface area contributed by atoms with Gasteiger partial charge in [-0.2, -0.15) is 5.10 Å². The Morgan fingerprint density at radius 2 is 2.14 bits per heavy atom. The van der Waals surface area contributed by atoms with Crippen LogP contribution in [-0.2, 0) is 0 Å². The van der Waals surface area contributed by atoms with Crippen LogP contribution in [0.1, 0.15) is 58.1 Å². The number of anilines is 1. The van der Waals surface area contributed by atoms with Gasteiger partial charge in [-0.1, -0.05) is 6.42 Å². The van der Waals surface area contributed by atoms with Crippen LogP contribution < -0.4 is 5.32 Å². The van der Waals surface area contributed by atoms with Gasteiger partial charge >= 0.3 is 0 Å². The number of fused-ring (bicyclic) bond motifs is 3. The number of nitrogens with one attached hydrogen (secondary N) is 2. The highest BCUT2D eigenvalue weighted by Crippen LogP contribution is 2.50. The summed E-state index contributed by atoms with van der Waals surface area (Å²) >= 11 is 0. The number of H-pyrrole nitrogens is 1. The standard InChI is InChI=1S/C22H30N6O/c1-14-11-17(26-25-14)18-13-23-20-7-6-19(27-28(18)20)24-22-9-4-5-15(12-22)16(8-10-22)21(2,3)29/h6-7,11,13,15-16,29H,4-5,8-10,12H2,1-3H3,(H,24,27)(H,25,26). The van der Waals surface area contributed by atoms with Crippen molar-refractivity contribution in [2.45, 2.75) is 70.4 Å². The van der Waals surface area contributed by atoms with Crippen LogP contribution in [0.15, 0.2) is 24.4 Å². The van der Waals surface area contributed by atoms with Gasteiger partial charge in [-0.15, -0.1) is 5.10 Å². The molecule has 2 aliphatic carbocycles. The highest BCUT2D eigenvalue weighted by Gasteiger charge is 2.47. The first-order valence-electron chi connectivity index (χ1n) is 10.7. The first-order valence-corrected chi connectivity index (χ1v) is 10.7. The lowest BCUT2D eigenvalue weighted by atomic mass is 9.59. The highest BCUT2D eigenvalue weighted by molar-refractivity contribution is 5.60. The lowest BCUT2D eigenvalue weighted by Gasteiger charge is -2.52. The molecule has 2 fully saturated rings. The SMILES string of the molecule is Cc1cc(-c2cnc3ccc(NC45CCCC(C4)C(C(C)(C)O)CC5)nn23)n[nH]1. The molecule has 0 radical (unpaired) electrons. The lowest BCUT2D eigenvalue weighted by Crippen LogP contribution is -2.52. The molecule has 0 saturated heterocycles. The van der Waals surface area contributed by atoms with Gasteiger partial charge in [0.1, 0.15) is 17.2 Å². The van der Waals surface area contributed by atoms with Crippen molar-refractivity contribution in [2.24, 2.45) is 11.8 Å². The maximum Gasteiger partial charge on any atom is 0.154 e. The minimum atomic E-state index is -0.598. The lowest BCUT2D eigenvalue weighted by molar-refractivity contribution is -0.0504. The molecule has 2 aliphatic rings. The Morgan fingerprint density at radius 3 is 2.90 bits per heavy atom. The van der Waals surface area contributed by atoms with Crippen LogP contribution in [0.25, 0.3) is 17.0 Å². The first-order chi connectivity index (χ1) is 13.8.